The predicted octanol–water partition coefficient (Wildman–Crippen LogP) is 3.33. The van der Waals surface area contributed by atoms with Gasteiger partial charge in [0.05, 0.1) is 13.5 Å². The second-order valence-electron chi connectivity index (χ2n) is 5.04. The van der Waals surface area contributed by atoms with Crippen molar-refractivity contribution in [2.45, 2.75) is 13.0 Å². The molecule has 126 valence electrons. The van der Waals surface area contributed by atoms with Gasteiger partial charge in [0.1, 0.15) is 0 Å². The van der Waals surface area contributed by atoms with E-state index in [2.05, 4.69) is 15.0 Å². The number of carbonyl (C=O) groups is 2. The number of pyridine rings is 1. The van der Waals surface area contributed by atoms with E-state index in [1.165, 1.54) is 7.11 Å². The van der Waals surface area contributed by atoms with Gasteiger partial charge in [0, 0.05) is 36.2 Å². The molecule has 0 aliphatic rings. The van der Waals surface area contributed by atoms with Crippen molar-refractivity contribution in [3.05, 3.63) is 59.4 Å². The summed E-state index contributed by atoms with van der Waals surface area (Å²) in [4.78, 5) is 29.4. The van der Waals surface area contributed by atoms with Gasteiger partial charge in [-0.3, -0.25) is 9.78 Å². The van der Waals surface area contributed by atoms with E-state index in [1.54, 1.807) is 41.6 Å². The number of ether oxygens (including phenoxy) is 1. The lowest BCUT2D eigenvalue weighted by Crippen LogP contribution is -2.36. The van der Waals surface area contributed by atoms with Crippen molar-refractivity contribution in [1.29, 1.82) is 0 Å². The summed E-state index contributed by atoms with van der Waals surface area (Å²) in [5.41, 5.74) is 1.54. The maximum atomic E-state index is 12.5. The zero-order valence-electron chi connectivity index (χ0n) is 13.2. The predicted molar refractivity (Wildman–Crippen MR) is 91.8 cm³/mol. The van der Waals surface area contributed by atoms with Crippen molar-refractivity contribution >= 4 is 29.3 Å². The molecule has 0 aliphatic heterocycles. The second kappa shape index (κ2) is 8.88. The van der Waals surface area contributed by atoms with E-state index >= 15 is 0 Å². The summed E-state index contributed by atoms with van der Waals surface area (Å²) in [5, 5.41) is 3.38. The van der Waals surface area contributed by atoms with Gasteiger partial charge in [0.25, 0.3) is 0 Å². The molecule has 1 N–H and O–H groups in total. The number of anilines is 1. The van der Waals surface area contributed by atoms with E-state index in [0.29, 0.717) is 17.3 Å². The molecule has 2 rings (SSSR count). The Labute approximate surface area is 145 Å². The highest BCUT2D eigenvalue weighted by Gasteiger charge is 2.16. The Morgan fingerprint density at radius 1 is 1.17 bits per heavy atom. The third-order valence-corrected chi connectivity index (χ3v) is 3.57. The van der Waals surface area contributed by atoms with Crippen LogP contribution in [-0.4, -0.2) is 35.5 Å². The molecule has 24 heavy (non-hydrogen) atoms. The van der Waals surface area contributed by atoms with Crippen LogP contribution in [0.4, 0.5) is 10.5 Å². The number of carbonyl (C=O) groups excluding carboxylic acids is 2. The lowest BCUT2D eigenvalue weighted by atomic mass is 10.2. The molecule has 0 bridgehead atoms. The third kappa shape index (κ3) is 5.55. The van der Waals surface area contributed by atoms with Crippen molar-refractivity contribution < 1.29 is 14.3 Å². The minimum atomic E-state index is -0.367. The molecule has 6 nitrogen and oxygen atoms in total. The number of halogens is 1. The number of aromatic nitrogens is 1. The Kier molecular flexibility index (Phi) is 6.57. The molecule has 0 saturated carbocycles. The van der Waals surface area contributed by atoms with Crippen molar-refractivity contribution in [3.8, 4) is 0 Å². The van der Waals surface area contributed by atoms with E-state index in [1.807, 2.05) is 12.1 Å². The first-order chi connectivity index (χ1) is 11.6. The summed E-state index contributed by atoms with van der Waals surface area (Å²) >= 11 is 5.84. The summed E-state index contributed by atoms with van der Waals surface area (Å²) in [6.07, 6.45) is 3.44. The van der Waals surface area contributed by atoms with Crippen LogP contribution < -0.4 is 5.32 Å². The Hall–Kier alpha value is -2.60. The zero-order valence-corrected chi connectivity index (χ0v) is 14.0. The van der Waals surface area contributed by atoms with Gasteiger partial charge < -0.3 is 15.0 Å². The number of hydrogen-bond donors (Lipinski definition) is 1. The standard InChI is InChI=1S/C17H18ClN3O3/c1-24-16(22)8-11-21(12-13-6-9-19-10-7-13)17(23)20-15-4-2-14(18)3-5-15/h2-7,9-10H,8,11-12H2,1H3,(H,20,23). The van der Waals surface area contributed by atoms with Gasteiger partial charge >= 0.3 is 12.0 Å². The fraction of sp³-hybridized carbons (Fsp3) is 0.235. The Morgan fingerprint density at radius 2 is 1.83 bits per heavy atom. The third-order valence-electron chi connectivity index (χ3n) is 3.32. The smallest absolute Gasteiger partial charge is 0.322 e. The Balaban J connectivity index is 2.06. The SMILES string of the molecule is COC(=O)CCN(Cc1ccncc1)C(=O)Nc1ccc(Cl)cc1. The van der Waals surface area contributed by atoms with Gasteiger partial charge in [0.2, 0.25) is 0 Å². The highest BCUT2D eigenvalue weighted by atomic mass is 35.5. The Bertz CT molecular complexity index is 677. The topological polar surface area (TPSA) is 71.5 Å². The maximum absolute atomic E-state index is 12.5. The van der Waals surface area contributed by atoms with Gasteiger partial charge in [-0.25, -0.2) is 4.79 Å². The van der Waals surface area contributed by atoms with Gasteiger partial charge in [0.15, 0.2) is 0 Å². The summed E-state index contributed by atoms with van der Waals surface area (Å²) in [6, 6.07) is 10.1. The van der Waals surface area contributed by atoms with Crippen LogP contribution in [-0.2, 0) is 16.1 Å². The van der Waals surface area contributed by atoms with Crippen molar-refractivity contribution in [1.82, 2.24) is 9.88 Å². The van der Waals surface area contributed by atoms with Gasteiger partial charge in [-0.1, -0.05) is 11.6 Å². The van der Waals surface area contributed by atoms with Crippen LogP contribution in [0.5, 0.6) is 0 Å². The van der Waals surface area contributed by atoms with Crippen molar-refractivity contribution in [3.63, 3.8) is 0 Å². The fourth-order valence-corrected chi connectivity index (χ4v) is 2.15. The number of benzene rings is 1. The molecule has 1 aromatic heterocycles. The minimum absolute atomic E-state index is 0.121. The highest BCUT2D eigenvalue weighted by Crippen LogP contribution is 2.15. The molecule has 0 radical (unpaired) electrons. The van der Waals surface area contributed by atoms with Gasteiger partial charge in [-0.2, -0.15) is 0 Å². The summed E-state index contributed by atoms with van der Waals surface area (Å²) in [7, 11) is 1.32. The molecule has 7 heteroatoms. The van der Waals surface area contributed by atoms with Crippen LogP contribution in [0, 0.1) is 0 Å². The van der Waals surface area contributed by atoms with Crippen LogP contribution in [0.15, 0.2) is 48.8 Å². The number of methoxy groups -OCH3 is 1. The highest BCUT2D eigenvalue weighted by molar-refractivity contribution is 6.30. The van der Waals surface area contributed by atoms with E-state index in [4.69, 9.17) is 11.6 Å². The lowest BCUT2D eigenvalue weighted by molar-refractivity contribution is -0.140. The average Bonchev–Trinajstić information content (AvgIpc) is 2.61. The quantitative estimate of drug-likeness (QED) is 0.813. The van der Waals surface area contributed by atoms with Crippen LogP contribution in [0.1, 0.15) is 12.0 Å². The molecule has 0 fully saturated rings. The molecule has 0 aliphatic carbocycles. The first-order valence-electron chi connectivity index (χ1n) is 7.35. The number of amides is 2. The van der Waals surface area contributed by atoms with Crippen LogP contribution in [0.25, 0.3) is 0 Å². The number of esters is 1. The molecular weight excluding hydrogens is 330 g/mol. The molecule has 2 amide bonds. The normalized spacial score (nSPS) is 10.1. The summed E-state index contributed by atoms with van der Waals surface area (Å²) < 4.78 is 4.64. The van der Waals surface area contributed by atoms with Crippen LogP contribution >= 0.6 is 11.6 Å². The summed E-state index contributed by atoms with van der Waals surface area (Å²) in [5.74, 6) is -0.367. The van der Waals surface area contributed by atoms with E-state index in [-0.39, 0.29) is 25.0 Å². The fourth-order valence-electron chi connectivity index (χ4n) is 2.03. The molecule has 0 saturated heterocycles. The van der Waals surface area contributed by atoms with Crippen LogP contribution in [0.3, 0.4) is 0 Å². The number of hydrogen-bond acceptors (Lipinski definition) is 4. The number of urea groups is 1. The second-order valence-corrected chi connectivity index (χ2v) is 5.48. The average molecular weight is 348 g/mol. The number of nitrogens with one attached hydrogen (secondary N) is 1. The monoisotopic (exact) mass is 347 g/mol. The lowest BCUT2D eigenvalue weighted by Gasteiger charge is -2.23. The number of rotatable bonds is 6. The van der Waals surface area contributed by atoms with E-state index in [9.17, 15) is 9.59 Å². The first kappa shape index (κ1) is 17.7. The van der Waals surface area contributed by atoms with E-state index in [0.717, 1.165) is 5.56 Å². The van der Waals surface area contributed by atoms with Crippen LogP contribution in [0.2, 0.25) is 5.02 Å². The molecular formula is C17H18ClN3O3. The molecule has 0 atom stereocenters. The Morgan fingerprint density at radius 3 is 2.46 bits per heavy atom. The van der Waals surface area contributed by atoms with Gasteiger partial charge in [-0.15, -0.1) is 0 Å². The van der Waals surface area contributed by atoms with Crippen molar-refractivity contribution in [2.24, 2.45) is 0 Å². The molecule has 1 heterocycles. The summed E-state index contributed by atoms with van der Waals surface area (Å²) in [6.45, 7) is 0.605. The van der Waals surface area contributed by atoms with Crippen molar-refractivity contribution in [2.75, 3.05) is 19.0 Å². The molecule has 1 aromatic carbocycles. The van der Waals surface area contributed by atoms with E-state index < -0.39 is 0 Å². The minimum Gasteiger partial charge on any atom is -0.469 e. The molecule has 0 unspecified atom stereocenters. The number of nitrogens with zero attached hydrogens (tertiary/aromatic N) is 2. The largest absolute Gasteiger partial charge is 0.469 e. The van der Waals surface area contributed by atoms with Gasteiger partial charge in [-0.05, 0) is 42.0 Å². The first-order valence-corrected chi connectivity index (χ1v) is 7.73. The maximum Gasteiger partial charge on any atom is 0.322 e. The molecule has 2 aromatic rings. The zero-order chi connectivity index (χ0) is 17.4. The molecule has 0 spiro atoms.